The number of carbonyl (C=O) groups excluding carboxylic acids is 1. The number of carbonyl (C=O) groups is 1. The summed E-state index contributed by atoms with van der Waals surface area (Å²) in [4.78, 5) is 12.9. The van der Waals surface area contributed by atoms with Gasteiger partial charge in [-0.05, 0) is 48.9 Å². The van der Waals surface area contributed by atoms with Crippen molar-refractivity contribution >= 4 is 5.91 Å². The van der Waals surface area contributed by atoms with Crippen LogP contribution in [0.15, 0.2) is 48.5 Å². The first-order valence-corrected chi connectivity index (χ1v) is 10.5. The van der Waals surface area contributed by atoms with Gasteiger partial charge in [0.25, 0.3) is 5.91 Å². The smallest absolute Gasteiger partial charge is 0.367 e. The van der Waals surface area contributed by atoms with Gasteiger partial charge >= 0.3 is 6.18 Å². The summed E-state index contributed by atoms with van der Waals surface area (Å²) in [5.41, 5.74) is 6.10. The molecule has 1 aromatic heterocycles. The number of amides is 1. The average molecular weight is 443 g/mol. The zero-order valence-corrected chi connectivity index (χ0v) is 17.7. The summed E-state index contributed by atoms with van der Waals surface area (Å²) in [6.07, 6.45) is -1.62. The van der Waals surface area contributed by atoms with E-state index in [1.165, 1.54) is 0 Å². The number of ether oxygens (including phenoxy) is 1. The van der Waals surface area contributed by atoms with Crippen LogP contribution in [0.1, 0.15) is 44.9 Å². The number of aryl methyl sites for hydroxylation is 1. The first-order chi connectivity index (χ1) is 15.3. The zero-order valence-electron chi connectivity index (χ0n) is 17.7. The number of hydrogen-bond acceptors (Lipinski definition) is 3. The van der Waals surface area contributed by atoms with Crippen LogP contribution in [0, 0.1) is 6.92 Å². The molecular formula is C24H24F3N3O2. The van der Waals surface area contributed by atoms with E-state index in [0.29, 0.717) is 17.8 Å². The SMILES string of the molecule is Cc1ccccc1-n1nc(C(=O)NCc2ccc(COCC(F)(F)F)cc2)c2c1CCC2. The summed E-state index contributed by atoms with van der Waals surface area (Å²) in [6, 6.07) is 14.9. The monoisotopic (exact) mass is 443 g/mol. The molecule has 0 fully saturated rings. The third kappa shape index (κ3) is 5.02. The lowest BCUT2D eigenvalue weighted by molar-refractivity contribution is -0.176. The van der Waals surface area contributed by atoms with Gasteiger partial charge in [-0.2, -0.15) is 18.3 Å². The predicted octanol–water partition coefficient (Wildman–Crippen LogP) is 4.68. The van der Waals surface area contributed by atoms with Gasteiger partial charge in [-0.25, -0.2) is 4.68 Å². The maximum absolute atomic E-state index is 12.9. The molecule has 2 aromatic carbocycles. The van der Waals surface area contributed by atoms with Crippen molar-refractivity contribution in [1.29, 1.82) is 0 Å². The molecule has 5 nitrogen and oxygen atoms in total. The molecule has 4 rings (SSSR count). The molecule has 3 aromatic rings. The quantitative estimate of drug-likeness (QED) is 0.577. The molecule has 1 aliphatic rings. The Morgan fingerprint density at radius 2 is 1.81 bits per heavy atom. The first kappa shape index (κ1) is 22.1. The lowest BCUT2D eigenvalue weighted by atomic mass is 10.1. The van der Waals surface area contributed by atoms with Crippen LogP contribution in [0.5, 0.6) is 0 Å². The van der Waals surface area contributed by atoms with Gasteiger partial charge in [-0.3, -0.25) is 4.79 Å². The van der Waals surface area contributed by atoms with E-state index in [1.54, 1.807) is 24.3 Å². The molecule has 1 amide bonds. The summed E-state index contributed by atoms with van der Waals surface area (Å²) in [7, 11) is 0. The second kappa shape index (κ2) is 9.16. The normalized spacial score (nSPS) is 13.2. The molecule has 0 bridgehead atoms. The van der Waals surface area contributed by atoms with E-state index in [2.05, 4.69) is 15.2 Å². The first-order valence-electron chi connectivity index (χ1n) is 10.5. The van der Waals surface area contributed by atoms with E-state index < -0.39 is 12.8 Å². The van der Waals surface area contributed by atoms with Crippen LogP contribution in [-0.4, -0.2) is 28.5 Å². The number of hydrogen-bond donors (Lipinski definition) is 1. The number of alkyl halides is 3. The van der Waals surface area contributed by atoms with E-state index in [1.807, 2.05) is 35.9 Å². The van der Waals surface area contributed by atoms with Gasteiger partial charge in [0.15, 0.2) is 5.69 Å². The Hall–Kier alpha value is -3.13. The number of nitrogens with zero attached hydrogens (tertiary/aromatic N) is 2. The molecule has 0 spiro atoms. The van der Waals surface area contributed by atoms with Gasteiger partial charge in [0, 0.05) is 17.8 Å². The van der Waals surface area contributed by atoms with Crippen molar-refractivity contribution in [2.45, 2.75) is 45.5 Å². The van der Waals surface area contributed by atoms with Crippen molar-refractivity contribution in [2.75, 3.05) is 6.61 Å². The molecule has 0 aliphatic heterocycles. The lowest BCUT2D eigenvalue weighted by Gasteiger charge is -2.09. The van der Waals surface area contributed by atoms with Crippen molar-refractivity contribution in [3.05, 3.63) is 82.2 Å². The highest BCUT2D eigenvalue weighted by Crippen LogP contribution is 2.29. The largest absolute Gasteiger partial charge is 0.411 e. The third-order valence-corrected chi connectivity index (χ3v) is 5.50. The molecule has 168 valence electrons. The van der Waals surface area contributed by atoms with Crippen molar-refractivity contribution in [3.8, 4) is 5.69 Å². The van der Waals surface area contributed by atoms with E-state index in [-0.39, 0.29) is 12.5 Å². The molecule has 0 saturated carbocycles. The Bertz CT molecular complexity index is 1100. The Morgan fingerprint density at radius 3 is 2.53 bits per heavy atom. The highest BCUT2D eigenvalue weighted by Gasteiger charge is 2.28. The second-order valence-corrected chi connectivity index (χ2v) is 7.93. The highest BCUT2D eigenvalue weighted by atomic mass is 19.4. The van der Waals surface area contributed by atoms with Crippen molar-refractivity contribution in [2.24, 2.45) is 0 Å². The number of rotatable bonds is 7. The summed E-state index contributed by atoms with van der Waals surface area (Å²) < 4.78 is 43.1. The fourth-order valence-corrected chi connectivity index (χ4v) is 3.92. The number of halogens is 3. The van der Waals surface area contributed by atoms with Gasteiger partial charge in [0.1, 0.15) is 6.61 Å². The van der Waals surface area contributed by atoms with E-state index in [0.717, 1.165) is 47.3 Å². The number of aromatic nitrogens is 2. The number of nitrogens with one attached hydrogen (secondary N) is 1. The molecule has 8 heteroatoms. The second-order valence-electron chi connectivity index (χ2n) is 7.93. The molecular weight excluding hydrogens is 419 g/mol. The summed E-state index contributed by atoms with van der Waals surface area (Å²) in [5, 5.41) is 7.55. The van der Waals surface area contributed by atoms with Gasteiger partial charge in [-0.15, -0.1) is 0 Å². The van der Waals surface area contributed by atoms with Gasteiger partial charge in [-0.1, -0.05) is 42.5 Å². The third-order valence-electron chi connectivity index (χ3n) is 5.50. The minimum Gasteiger partial charge on any atom is -0.367 e. The maximum Gasteiger partial charge on any atom is 0.411 e. The van der Waals surface area contributed by atoms with Crippen LogP contribution in [0.25, 0.3) is 5.69 Å². The van der Waals surface area contributed by atoms with Gasteiger partial charge < -0.3 is 10.1 Å². The number of benzene rings is 2. The average Bonchev–Trinajstić information content (AvgIpc) is 3.35. The fraction of sp³-hybridized carbons (Fsp3) is 0.333. The van der Waals surface area contributed by atoms with Crippen LogP contribution < -0.4 is 5.32 Å². The summed E-state index contributed by atoms with van der Waals surface area (Å²) >= 11 is 0. The van der Waals surface area contributed by atoms with Crippen LogP contribution in [0.3, 0.4) is 0 Å². The molecule has 1 N–H and O–H groups in total. The van der Waals surface area contributed by atoms with Crippen molar-refractivity contribution in [3.63, 3.8) is 0 Å². The standard InChI is InChI=1S/C24H24F3N3O2/c1-16-5-2-3-7-20(16)30-21-8-4-6-19(21)22(29-30)23(31)28-13-17-9-11-18(12-10-17)14-32-15-24(25,26)27/h2-3,5,7,9-12H,4,6,8,13-15H2,1H3,(H,28,31). The van der Waals surface area contributed by atoms with Gasteiger partial charge in [0.2, 0.25) is 0 Å². The summed E-state index contributed by atoms with van der Waals surface area (Å²) in [5.74, 6) is -0.229. The predicted molar refractivity (Wildman–Crippen MR) is 114 cm³/mol. The van der Waals surface area contributed by atoms with Crippen LogP contribution in [0.4, 0.5) is 13.2 Å². The molecule has 1 aliphatic carbocycles. The molecule has 0 saturated heterocycles. The van der Waals surface area contributed by atoms with E-state index in [4.69, 9.17) is 0 Å². The Kier molecular flexibility index (Phi) is 6.32. The highest BCUT2D eigenvalue weighted by molar-refractivity contribution is 5.94. The van der Waals surface area contributed by atoms with E-state index >= 15 is 0 Å². The molecule has 32 heavy (non-hydrogen) atoms. The molecule has 0 atom stereocenters. The van der Waals surface area contributed by atoms with Gasteiger partial charge in [0.05, 0.1) is 12.3 Å². The van der Waals surface area contributed by atoms with Crippen LogP contribution in [-0.2, 0) is 30.7 Å². The minimum atomic E-state index is -4.34. The molecule has 0 radical (unpaired) electrons. The summed E-state index contributed by atoms with van der Waals surface area (Å²) in [6.45, 7) is 0.934. The Labute approximate surface area is 184 Å². The van der Waals surface area contributed by atoms with Crippen molar-refractivity contribution in [1.82, 2.24) is 15.1 Å². The Morgan fingerprint density at radius 1 is 1.09 bits per heavy atom. The van der Waals surface area contributed by atoms with Crippen LogP contribution in [0.2, 0.25) is 0 Å². The molecule has 1 heterocycles. The topological polar surface area (TPSA) is 56.2 Å². The zero-order chi connectivity index (χ0) is 22.7. The maximum atomic E-state index is 12.9. The fourth-order valence-electron chi connectivity index (χ4n) is 3.92. The van der Waals surface area contributed by atoms with Crippen molar-refractivity contribution < 1.29 is 22.7 Å². The Balaban J connectivity index is 1.41. The molecule has 0 unspecified atom stereocenters. The minimum absolute atomic E-state index is 0.116. The van der Waals surface area contributed by atoms with E-state index in [9.17, 15) is 18.0 Å². The van der Waals surface area contributed by atoms with Crippen LogP contribution >= 0.6 is 0 Å². The lowest BCUT2D eigenvalue weighted by Crippen LogP contribution is -2.24. The number of fused-ring (bicyclic) bond motifs is 1. The number of para-hydroxylation sites is 1.